The Labute approximate surface area is 189 Å². The number of alkyl halides is 3. The third-order valence-electron chi connectivity index (χ3n) is 4.57. The van der Waals surface area contributed by atoms with Crippen LogP contribution in [0.5, 0.6) is 5.75 Å². The molecule has 1 heterocycles. The van der Waals surface area contributed by atoms with Crippen LogP contribution in [0.1, 0.15) is 12.0 Å². The Kier molecular flexibility index (Phi) is 8.05. The van der Waals surface area contributed by atoms with Crippen molar-refractivity contribution in [3.63, 3.8) is 0 Å². The molecule has 0 fully saturated rings. The molecule has 2 aromatic carbocycles. The summed E-state index contributed by atoms with van der Waals surface area (Å²) in [6, 6.07) is 13.5. The Morgan fingerprint density at radius 2 is 1.76 bits per heavy atom. The van der Waals surface area contributed by atoms with Gasteiger partial charge in [-0.05, 0) is 45.3 Å². The molecule has 3 rings (SSSR count). The van der Waals surface area contributed by atoms with E-state index in [1.165, 1.54) is 24.3 Å². The van der Waals surface area contributed by atoms with Crippen molar-refractivity contribution in [2.24, 2.45) is 0 Å². The topological polar surface area (TPSA) is 62.3 Å². The Balaban J connectivity index is 1.85. The summed E-state index contributed by atoms with van der Waals surface area (Å²) in [6.45, 7) is 1.65. The predicted octanol–water partition coefficient (Wildman–Crippen LogP) is 5.16. The number of anilines is 2. The van der Waals surface area contributed by atoms with Gasteiger partial charge in [0.15, 0.2) is 0 Å². The summed E-state index contributed by atoms with van der Waals surface area (Å²) in [6.07, 6.45) is -3.95. The lowest BCUT2D eigenvalue weighted by atomic mass is 10.1. The van der Waals surface area contributed by atoms with Gasteiger partial charge in [-0.1, -0.05) is 30.3 Å². The highest BCUT2D eigenvalue weighted by Crippen LogP contribution is 2.28. The minimum absolute atomic E-state index is 0.181. The molecule has 0 radical (unpaired) electrons. The summed E-state index contributed by atoms with van der Waals surface area (Å²) in [5.41, 5.74) is 1.27. The molecule has 1 aromatic heterocycles. The van der Waals surface area contributed by atoms with Crippen molar-refractivity contribution in [2.75, 3.05) is 37.8 Å². The van der Waals surface area contributed by atoms with Gasteiger partial charge in [0.05, 0.1) is 5.69 Å². The number of nitrogens with one attached hydrogen (secondary N) is 2. The first-order valence-electron chi connectivity index (χ1n) is 10.3. The van der Waals surface area contributed by atoms with Crippen molar-refractivity contribution in [2.45, 2.75) is 19.3 Å². The highest BCUT2D eigenvalue weighted by molar-refractivity contribution is 5.66. The van der Waals surface area contributed by atoms with Crippen molar-refractivity contribution < 1.29 is 22.3 Å². The zero-order valence-electron chi connectivity index (χ0n) is 18.3. The SMILES string of the molecule is CN(C)CCCNc1nc(NCc2ccccc2F)cc(-c2cccc(OC(F)(F)F)c2)n1. The number of rotatable bonds is 10. The molecule has 10 heteroatoms. The van der Waals surface area contributed by atoms with Crippen LogP contribution in [-0.4, -0.2) is 48.4 Å². The van der Waals surface area contributed by atoms with Crippen molar-refractivity contribution in [3.8, 4) is 17.0 Å². The van der Waals surface area contributed by atoms with Gasteiger partial charge in [0.2, 0.25) is 5.95 Å². The van der Waals surface area contributed by atoms with E-state index in [0.717, 1.165) is 13.0 Å². The number of hydrogen-bond donors (Lipinski definition) is 2. The maximum Gasteiger partial charge on any atom is 0.573 e. The molecule has 0 aliphatic carbocycles. The first kappa shape index (κ1) is 24.2. The van der Waals surface area contributed by atoms with Crippen LogP contribution in [0.25, 0.3) is 11.3 Å². The molecule has 0 spiro atoms. The van der Waals surface area contributed by atoms with Crippen LogP contribution in [0, 0.1) is 5.82 Å². The number of aromatic nitrogens is 2. The number of hydrogen-bond acceptors (Lipinski definition) is 6. The molecule has 0 atom stereocenters. The second kappa shape index (κ2) is 11.0. The van der Waals surface area contributed by atoms with Crippen LogP contribution < -0.4 is 15.4 Å². The van der Waals surface area contributed by atoms with Crippen LogP contribution in [0.15, 0.2) is 54.6 Å². The minimum atomic E-state index is -4.80. The van der Waals surface area contributed by atoms with Crippen LogP contribution in [0.2, 0.25) is 0 Å². The Hall–Kier alpha value is -3.40. The van der Waals surface area contributed by atoms with E-state index >= 15 is 0 Å². The molecule has 0 amide bonds. The molecule has 33 heavy (non-hydrogen) atoms. The van der Waals surface area contributed by atoms with E-state index in [0.29, 0.717) is 35.1 Å². The molecule has 176 valence electrons. The number of nitrogens with zero attached hydrogens (tertiary/aromatic N) is 3. The van der Waals surface area contributed by atoms with Gasteiger partial charge in [-0.25, -0.2) is 9.37 Å². The maximum atomic E-state index is 14.0. The van der Waals surface area contributed by atoms with Gasteiger partial charge in [-0.3, -0.25) is 0 Å². The average molecular weight is 463 g/mol. The molecule has 2 N–H and O–H groups in total. The van der Waals surface area contributed by atoms with E-state index in [2.05, 4.69) is 25.3 Å². The summed E-state index contributed by atoms with van der Waals surface area (Å²) in [5.74, 6) is 0.0169. The number of benzene rings is 2. The smallest absolute Gasteiger partial charge is 0.406 e. The van der Waals surface area contributed by atoms with E-state index in [-0.39, 0.29) is 18.1 Å². The van der Waals surface area contributed by atoms with Crippen molar-refractivity contribution in [3.05, 3.63) is 66.0 Å². The number of halogens is 4. The fourth-order valence-electron chi connectivity index (χ4n) is 3.04. The summed E-state index contributed by atoms with van der Waals surface area (Å²) < 4.78 is 55.9. The monoisotopic (exact) mass is 463 g/mol. The third kappa shape index (κ3) is 7.90. The maximum absolute atomic E-state index is 14.0. The fraction of sp³-hybridized carbons (Fsp3) is 0.304. The standard InChI is InChI=1S/C23H25F4N5O/c1-32(2)12-6-11-28-22-30-20(16-8-5-9-18(13-16)33-23(25,26)27)14-21(31-22)29-15-17-7-3-4-10-19(17)24/h3-5,7-10,13-14H,6,11-12,15H2,1-2H3,(H2,28,29,30,31). The molecule has 0 aliphatic heterocycles. The highest BCUT2D eigenvalue weighted by Gasteiger charge is 2.31. The predicted molar refractivity (Wildman–Crippen MR) is 120 cm³/mol. The summed E-state index contributed by atoms with van der Waals surface area (Å²) in [5, 5.41) is 6.20. The van der Waals surface area contributed by atoms with E-state index in [9.17, 15) is 17.6 Å². The van der Waals surface area contributed by atoms with Crippen molar-refractivity contribution in [1.82, 2.24) is 14.9 Å². The zero-order valence-corrected chi connectivity index (χ0v) is 18.3. The Morgan fingerprint density at radius 1 is 0.970 bits per heavy atom. The molecule has 6 nitrogen and oxygen atoms in total. The van der Waals surface area contributed by atoms with Gasteiger partial charge in [-0.15, -0.1) is 13.2 Å². The lowest BCUT2D eigenvalue weighted by Crippen LogP contribution is -2.17. The lowest BCUT2D eigenvalue weighted by molar-refractivity contribution is -0.274. The quantitative estimate of drug-likeness (QED) is 0.320. The van der Waals surface area contributed by atoms with Crippen LogP contribution >= 0.6 is 0 Å². The molecule has 0 saturated carbocycles. The molecular formula is C23H25F4N5O. The van der Waals surface area contributed by atoms with E-state index < -0.39 is 6.36 Å². The van der Waals surface area contributed by atoms with E-state index in [4.69, 9.17) is 0 Å². The van der Waals surface area contributed by atoms with Gasteiger partial charge >= 0.3 is 6.36 Å². The highest BCUT2D eigenvalue weighted by atomic mass is 19.4. The Bertz CT molecular complexity index is 1060. The van der Waals surface area contributed by atoms with Crippen LogP contribution in [0.3, 0.4) is 0 Å². The lowest BCUT2D eigenvalue weighted by Gasteiger charge is -2.14. The molecule has 0 bridgehead atoms. The van der Waals surface area contributed by atoms with E-state index in [1.807, 2.05) is 19.0 Å². The summed E-state index contributed by atoms with van der Waals surface area (Å²) in [4.78, 5) is 10.9. The molecule has 0 saturated heterocycles. The largest absolute Gasteiger partial charge is 0.573 e. The van der Waals surface area contributed by atoms with Gasteiger partial charge in [0.25, 0.3) is 0 Å². The van der Waals surface area contributed by atoms with Gasteiger partial charge < -0.3 is 20.3 Å². The molecule has 0 aliphatic rings. The second-order valence-corrected chi connectivity index (χ2v) is 7.57. The Morgan fingerprint density at radius 3 is 2.48 bits per heavy atom. The van der Waals surface area contributed by atoms with Gasteiger partial charge in [-0.2, -0.15) is 4.98 Å². The third-order valence-corrected chi connectivity index (χ3v) is 4.57. The van der Waals surface area contributed by atoms with Crippen molar-refractivity contribution in [1.29, 1.82) is 0 Å². The minimum Gasteiger partial charge on any atom is -0.406 e. The number of ether oxygens (including phenoxy) is 1. The molecule has 0 unspecified atom stereocenters. The zero-order chi connectivity index (χ0) is 23.8. The summed E-state index contributed by atoms with van der Waals surface area (Å²) >= 11 is 0. The molecule has 3 aromatic rings. The van der Waals surface area contributed by atoms with Crippen LogP contribution in [-0.2, 0) is 6.54 Å². The molecular weight excluding hydrogens is 438 g/mol. The fourth-order valence-corrected chi connectivity index (χ4v) is 3.04. The normalized spacial score (nSPS) is 11.5. The first-order valence-corrected chi connectivity index (χ1v) is 10.3. The summed E-state index contributed by atoms with van der Waals surface area (Å²) in [7, 11) is 3.94. The van der Waals surface area contributed by atoms with Crippen LogP contribution in [0.4, 0.5) is 29.3 Å². The van der Waals surface area contributed by atoms with Gasteiger partial charge in [0.1, 0.15) is 17.4 Å². The van der Waals surface area contributed by atoms with E-state index in [1.54, 1.807) is 30.3 Å². The first-order chi connectivity index (χ1) is 15.7. The average Bonchev–Trinajstić information content (AvgIpc) is 2.75. The van der Waals surface area contributed by atoms with Gasteiger partial charge in [0, 0.05) is 30.3 Å². The second-order valence-electron chi connectivity index (χ2n) is 7.57. The van der Waals surface area contributed by atoms with Crippen molar-refractivity contribution >= 4 is 11.8 Å².